The van der Waals surface area contributed by atoms with Gasteiger partial charge in [-0.05, 0) is 72.3 Å². The smallest absolute Gasteiger partial charge is 0.262 e. The number of anilines is 1. The molecule has 186 valence electrons. The molecule has 4 aromatic rings. The van der Waals surface area contributed by atoms with Gasteiger partial charge in [0.05, 0.1) is 15.0 Å². The van der Waals surface area contributed by atoms with Crippen molar-refractivity contribution in [3.05, 3.63) is 86.1 Å². The summed E-state index contributed by atoms with van der Waals surface area (Å²) in [6, 6.07) is 15.6. The monoisotopic (exact) mass is 560 g/mol. The summed E-state index contributed by atoms with van der Waals surface area (Å²) < 4.78 is 26.8. The maximum Gasteiger partial charge on any atom is 0.262 e. The van der Waals surface area contributed by atoms with Crippen LogP contribution in [0.15, 0.2) is 69.8 Å². The van der Waals surface area contributed by atoms with E-state index in [4.69, 9.17) is 23.2 Å². The molecule has 0 bridgehead atoms. The Morgan fingerprint density at radius 3 is 2.44 bits per heavy atom. The lowest BCUT2D eigenvalue weighted by molar-refractivity contribution is -0.116. The van der Waals surface area contributed by atoms with Gasteiger partial charge < -0.3 is 4.90 Å². The first kappa shape index (κ1) is 25.0. The largest absolute Gasteiger partial charge is 0.372 e. The van der Waals surface area contributed by atoms with Crippen LogP contribution in [-0.4, -0.2) is 37.6 Å². The summed E-state index contributed by atoms with van der Waals surface area (Å²) in [5.41, 5.74) is 1.99. The average Bonchev–Trinajstić information content (AvgIpc) is 3.52. The Hall–Kier alpha value is -2.65. The van der Waals surface area contributed by atoms with Crippen molar-refractivity contribution in [2.24, 2.45) is 0 Å². The molecular formula is C26H22Cl2N2O4S2. The van der Waals surface area contributed by atoms with Crippen LogP contribution in [0.5, 0.6) is 0 Å². The van der Waals surface area contributed by atoms with Crippen molar-refractivity contribution in [1.29, 1.82) is 0 Å². The highest BCUT2D eigenvalue weighted by Gasteiger charge is 2.22. The highest BCUT2D eigenvalue weighted by atomic mass is 35.5. The second kappa shape index (κ2) is 10.0. The lowest BCUT2D eigenvalue weighted by atomic mass is 10.1. The third-order valence-corrected chi connectivity index (χ3v) is 10.0. The van der Waals surface area contributed by atoms with Crippen LogP contribution < -0.4 is 10.5 Å². The first-order valence-electron chi connectivity index (χ1n) is 11.4. The van der Waals surface area contributed by atoms with E-state index >= 15 is 0 Å². The highest BCUT2D eigenvalue weighted by molar-refractivity contribution is 7.94. The molecule has 1 aliphatic rings. The van der Waals surface area contributed by atoms with Crippen LogP contribution in [0.1, 0.15) is 18.4 Å². The van der Waals surface area contributed by atoms with E-state index in [0.29, 0.717) is 26.0 Å². The van der Waals surface area contributed by atoms with Gasteiger partial charge in [0, 0.05) is 36.8 Å². The summed E-state index contributed by atoms with van der Waals surface area (Å²) in [6.45, 7) is 2.06. The second-order valence-corrected chi connectivity index (χ2v) is 13.1. The number of hydrogen-bond donors (Lipinski definition) is 0. The van der Waals surface area contributed by atoms with E-state index in [0.717, 1.165) is 35.5 Å². The normalized spacial score (nSPS) is 14.0. The van der Waals surface area contributed by atoms with Crippen molar-refractivity contribution in [2.45, 2.75) is 23.5 Å². The first-order chi connectivity index (χ1) is 17.2. The van der Waals surface area contributed by atoms with Gasteiger partial charge in [-0.2, -0.15) is 0 Å². The van der Waals surface area contributed by atoms with E-state index in [1.54, 1.807) is 24.4 Å². The lowest BCUT2D eigenvalue weighted by Crippen LogP contribution is -2.20. The molecular weight excluding hydrogens is 539 g/mol. The quantitative estimate of drug-likeness (QED) is 0.296. The van der Waals surface area contributed by atoms with Crippen LogP contribution in [0.3, 0.4) is 0 Å². The molecule has 0 N–H and O–H groups in total. The van der Waals surface area contributed by atoms with Gasteiger partial charge in [-0.25, -0.2) is 8.42 Å². The summed E-state index contributed by atoms with van der Waals surface area (Å²) in [6.07, 6.45) is 3.96. The molecule has 10 heteroatoms. The number of carbonyl (C=O) groups excluding carboxylic acids is 1. The number of ketones is 1. The van der Waals surface area contributed by atoms with Gasteiger partial charge in [0.25, 0.3) is 5.56 Å². The molecule has 0 radical (unpaired) electrons. The summed E-state index contributed by atoms with van der Waals surface area (Å²) in [5, 5.41) is 1.75. The van der Waals surface area contributed by atoms with Gasteiger partial charge in [0.1, 0.15) is 9.96 Å². The number of rotatable bonds is 7. The number of aromatic nitrogens is 1. The van der Waals surface area contributed by atoms with Gasteiger partial charge in [0.2, 0.25) is 0 Å². The standard InChI is InChI=1S/C26H22Cl2N2O4S2/c27-22-14-17(13-20(31)16-36(33,34)25-8-7-24(28)35-25)3-6-23(22)30-12-9-18-15-19(29-10-1-2-11-29)4-5-21(18)26(30)32/h3-9,12,14-15H,1-2,10-11,13,16H2. The van der Waals surface area contributed by atoms with Crippen LogP contribution in [0.4, 0.5) is 5.69 Å². The number of thiophene rings is 1. The molecule has 5 rings (SSSR count). The van der Waals surface area contributed by atoms with E-state index in [1.165, 1.54) is 29.5 Å². The van der Waals surface area contributed by atoms with Crippen LogP contribution in [0.25, 0.3) is 16.5 Å². The summed E-state index contributed by atoms with van der Waals surface area (Å²) >= 11 is 13.2. The van der Waals surface area contributed by atoms with E-state index in [9.17, 15) is 18.0 Å². The van der Waals surface area contributed by atoms with Gasteiger partial charge >= 0.3 is 0 Å². The molecule has 36 heavy (non-hydrogen) atoms. The minimum atomic E-state index is -3.75. The maximum atomic E-state index is 13.2. The van der Waals surface area contributed by atoms with Gasteiger partial charge in [-0.1, -0.05) is 29.3 Å². The molecule has 2 aromatic heterocycles. The fourth-order valence-electron chi connectivity index (χ4n) is 4.48. The fraction of sp³-hybridized carbons (Fsp3) is 0.231. The number of hydrogen-bond acceptors (Lipinski definition) is 6. The Balaban J connectivity index is 1.36. The van der Waals surface area contributed by atoms with Gasteiger partial charge in [-0.3, -0.25) is 14.2 Å². The molecule has 6 nitrogen and oxygen atoms in total. The number of halogens is 2. The van der Waals surface area contributed by atoms with E-state index in [-0.39, 0.29) is 16.2 Å². The molecule has 1 saturated heterocycles. The minimum absolute atomic E-state index is 0.0671. The molecule has 1 fully saturated rings. The van der Waals surface area contributed by atoms with E-state index in [2.05, 4.69) is 4.90 Å². The molecule has 0 atom stereocenters. The highest BCUT2D eigenvalue weighted by Crippen LogP contribution is 2.28. The predicted octanol–water partition coefficient (Wildman–Crippen LogP) is 5.54. The molecule has 0 amide bonds. The van der Waals surface area contributed by atoms with E-state index < -0.39 is 21.4 Å². The van der Waals surface area contributed by atoms with Crippen LogP contribution in [0.2, 0.25) is 9.36 Å². The van der Waals surface area contributed by atoms with Crippen molar-refractivity contribution in [1.82, 2.24) is 4.57 Å². The number of pyridine rings is 1. The third kappa shape index (κ3) is 5.09. The van der Waals surface area contributed by atoms with E-state index in [1.807, 2.05) is 24.3 Å². The molecule has 3 heterocycles. The fourth-order valence-corrected chi connectivity index (χ4v) is 7.58. The lowest BCUT2D eigenvalue weighted by Gasteiger charge is -2.18. The Morgan fingerprint density at radius 2 is 1.75 bits per heavy atom. The topological polar surface area (TPSA) is 76.5 Å². The molecule has 0 aliphatic carbocycles. The van der Waals surface area contributed by atoms with Crippen molar-refractivity contribution in [2.75, 3.05) is 23.7 Å². The SMILES string of the molecule is O=C(Cc1ccc(-n2ccc3cc(N4CCCC4)ccc3c2=O)c(Cl)c1)CS(=O)(=O)c1ccc(Cl)s1. The Morgan fingerprint density at radius 1 is 0.972 bits per heavy atom. The molecule has 0 spiro atoms. The Bertz CT molecular complexity index is 1640. The Kier molecular flexibility index (Phi) is 6.96. The number of fused-ring (bicyclic) bond motifs is 1. The maximum absolute atomic E-state index is 13.2. The number of sulfone groups is 1. The summed E-state index contributed by atoms with van der Waals surface area (Å²) in [7, 11) is -3.75. The zero-order valence-electron chi connectivity index (χ0n) is 19.1. The number of benzene rings is 2. The molecule has 2 aromatic carbocycles. The summed E-state index contributed by atoms with van der Waals surface area (Å²) in [4.78, 5) is 28.0. The van der Waals surface area contributed by atoms with Crippen molar-refractivity contribution < 1.29 is 13.2 Å². The second-order valence-electron chi connectivity index (χ2n) is 8.78. The van der Waals surface area contributed by atoms with Gasteiger partial charge in [0.15, 0.2) is 15.6 Å². The van der Waals surface area contributed by atoms with Crippen molar-refractivity contribution in [3.63, 3.8) is 0 Å². The zero-order chi connectivity index (χ0) is 25.4. The zero-order valence-corrected chi connectivity index (χ0v) is 22.3. The van der Waals surface area contributed by atoms with Crippen LogP contribution in [-0.2, 0) is 21.1 Å². The van der Waals surface area contributed by atoms with Crippen LogP contribution in [0, 0.1) is 0 Å². The van der Waals surface area contributed by atoms with Crippen LogP contribution >= 0.6 is 34.5 Å². The molecule has 0 saturated carbocycles. The minimum Gasteiger partial charge on any atom is -0.372 e. The number of carbonyl (C=O) groups is 1. The summed E-state index contributed by atoms with van der Waals surface area (Å²) in [5.74, 6) is -1.08. The number of nitrogens with zero attached hydrogens (tertiary/aromatic N) is 2. The third-order valence-electron chi connectivity index (χ3n) is 6.24. The van der Waals surface area contributed by atoms with Crippen molar-refractivity contribution >= 4 is 66.6 Å². The molecule has 0 unspecified atom stereocenters. The first-order valence-corrected chi connectivity index (χ1v) is 14.6. The average molecular weight is 562 g/mol. The van der Waals surface area contributed by atoms with Crippen molar-refractivity contribution in [3.8, 4) is 5.69 Å². The van der Waals surface area contributed by atoms with Gasteiger partial charge in [-0.15, -0.1) is 11.3 Å². The molecule has 1 aliphatic heterocycles. The predicted molar refractivity (Wildman–Crippen MR) is 146 cm³/mol. The number of Topliss-reactive ketones (excluding diaryl/α,β-unsaturated/α-hetero) is 1. The Labute approximate surface area is 222 Å².